The second kappa shape index (κ2) is 3.81. The van der Waals surface area contributed by atoms with E-state index in [1.54, 1.807) is 12.1 Å². The fourth-order valence-electron chi connectivity index (χ4n) is 2.37. The lowest BCUT2D eigenvalue weighted by atomic mass is 10.0. The Morgan fingerprint density at radius 3 is 2.38 bits per heavy atom. The average Bonchev–Trinajstić information content (AvgIpc) is 2.58. The highest BCUT2D eigenvalue weighted by Gasteiger charge is 2.31. The second-order valence-corrected chi connectivity index (χ2v) is 4.92. The SMILES string of the molecule is CC1(C)CCCN1c1ccc(C(=O)O)cc1. The maximum atomic E-state index is 10.7. The van der Waals surface area contributed by atoms with Crippen LogP contribution in [0.25, 0.3) is 0 Å². The standard InChI is InChI=1S/C13H17NO2/c1-13(2)8-3-9-14(13)11-6-4-10(5-7-11)12(15)16/h4-7H,3,8-9H2,1-2H3,(H,15,16). The van der Waals surface area contributed by atoms with Gasteiger partial charge in [-0.1, -0.05) is 0 Å². The maximum Gasteiger partial charge on any atom is 0.335 e. The molecule has 1 heterocycles. The Kier molecular flexibility index (Phi) is 2.62. The zero-order valence-electron chi connectivity index (χ0n) is 9.73. The van der Waals surface area contributed by atoms with E-state index in [1.807, 2.05) is 12.1 Å². The molecule has 0 radical (unpaired) electrons. The lowest BCUT2D eigenvalue weighted by molar-refractivity contribution is 0.0697. The number of carboxylic acid groups (broad SMARTS) is 1. The largest absolute Gasteiger partial charge is 0.478 e. The molecule has 0 atom stereocenters. The molecule has 1 fully saturated rings. The number of hydrogen-bond donors (Lipinski definition) is 1. The van der Waals surface area contributed by atoms with Gasteiger partial charge < -0.3 is 10.0 Å². The van der Waals surface area contributed by atoms with E-state index < -0.39 is 5.97 Å². The molecule has 1 aliphatic heterocycles. The normalized spacial score (nSPS) is 18.8. The van der Waals surface area contributed by atoms with Crippen molar-refractivity contribution in [3.63, 3.8) is 0 Å². The molecular weight excluding hydrogens is 202 g/mol. The van der Waals surface area contributed by atoms with Crippen LogP contribution in [-0.4, -0.2) is 23.2 Å². The fourth-order valence-corrected chi connectivity index (χ4v) is 2.37. The minimum atomic E-state index is -0.868. The number of nitrogens with zero attached hydrogens (tertiary/aromatic N) is 1. The minimum absolute atomic E-state index is 0.185. The van der Waals surface area contributed by atoms with Crippen molar-refractivity contribution in [1.82, 2.24) is 0 Å². The van der Waals surface area contributed by atoms with Gasteiger partial charge in [-0.3, -0.25) is 0 Å². The van der Waals surface area contributed by atoms with E-state index in [9.17, 15) is 4.79 Å². The molecule has 1 N–H and O–H groups in total. The molecular formula is C13H17NO2. The van der Waals surface area contributed by atoms with Gasteiger partial charge in [0.15, 0.2) is 0 Å². The van der Waals surface area contributed by atoms with Crippen molar-refractivity contribution in [3.05, 3.63) is 29.8 Å². The molecule has 0 bridgehead atoms. The van der Waals surface area contributed by atoms with Crippen LogP contribution < -0.4 is 4.90 Å². The quantitative estimate of drug-likeness (QED) is 0.831. The van der Waals surface area contributed by atoms with E-state index in [2.05, 4.69) is 18.7 Å². The molecule has 0 saturated carbocycles. The van der Waals surface area contributed by atoms with Crippen molar-refractivity contribution in [1.29, 1.82) is 0 Å². The summed E-state index contributed by atoms with van der Waals surface area (Å²) in [4.78, 5) is 13.1. The Morgan fingerprint density at radius 1 is 1.31 bits per heavy atom. The number of hydrogen-bond acceptors (Lipinski definition) is 2. The van der Waals surface area contributed by atoms with E-state index in [4.69, 9.17) is 5.11 Å². The summed E-state index contributed by atoms with van der Waals surface area (Å²) in [5.41, 5.74) is 1.65. The first kappa shape index (κ1) is 11.0. The summed E-state index contributed by atoms with van der Waals surface area (Å²) in [7, 11) is 0. The molecule has 86 valence electrons. The highest BCUT2D eigenvalue weighted by atomic mass is 16.4. The first-order chi connectivity index (χ1) is 7.50. The summed E-state index contributed by atoms with van der Waals surface area (Å²) in [6.07, 6.45) is 2.39. The predicted molar refractivity (Wildman–Crippen MR) is 64.1 cm³/mol. The molecule has 1 saturated heterocycles. The molecule has 0 aliphatic carbocycles. The third-order valence-electron chi connectivity index (χ3n) is 3.33. The zero-order chi connectivity index (χ0) is 11.8. The topological polar surface area (TPSA) is 40.5 Å². The van der Waals surface area contributed by atoms with Gasteiger partial charge in [-0.15, -0.1) is 0 Å². The van der Waals surface area contributed by atoms with Crippen LogP contribution in [0.3, 0.4) is 0 Å². The Balaban J connectivity index is 2.25. The molecule has 0 spiro atoms. The Morgan fingerprint density at radius 2 is 1.94 bits per heavy atom. The molecule has 3 nitrogen and oxygen atoms in total. The van der Waals surface area contributed by atoms with Crippen molar-refractivity contribution in [2.75, 3.05) is 11.4 Å². The van der Waals surface area contributed by atoms with Crippen LogP contribution in [0.4, 0.5) is 5.69 Å². The monoisotopic (exact) mass is 219 g/mol. The highest BCUT2D eigenvalue weighted by molar-refractivity contribution is 5.88. The van der Waals surface area contributed by atoms with Crippen LogP contribution in [-0.2, 0) is 0 Å². The van der Waals surface area contributed by atoms with Crippen molar-refractivity contribution >= 4 is 11.7 Å². The Bertz CT molecular complexity index is 395. The summed E-state index contributed by atoms with van der Waals surface area (Å²) in [5, 5.41) is 8.83. The molecule has 0 amide bonds. The molecule has 1 aliphatic rings. The second-order valence-electron chi connectivity index (χ2n) is 4.92. The number of carbonyl (C=O) groups is 1. The third kappa shape index (κ3) is 1.90. The third-order valence-corrected chi connectivity index (χ3v) is 3.33. The summed E-state index contributed by atoms with van der Waals surface area (Å²) in [6.45, 7) is 5.51. The molecule has 1 aromatic carbocycles. The smallest absolute Gasteiger partial charge is 0.335 e. The number of carboxylic acids is 1. The van der Waals surface area contributed by atoms with Gasteiger partial charge in [-0.05, 0) is 51.0 Å². The van der Waals surface area contributed by atoms with Gasteiger partial charge in [0.25, 0.3) is 0 Å². The molecule has 3 heteroatoms. The van der Waals surface area contributed by atoms with E-state index in [-0.39, 0.29) is 5.54 Å². The molecule has 0 unspecified atom stereocenters. The summed E-state index contributed by atoms with van der Waals surface area (Å²) in [6, 6.07) is 7.14. The number of rotatable bonds is 2. The number of benzene rings is 1. The van der Waals surface area contributed by atoms with Gasteiger partial charge in [0.2, 0.25) is 0 Å². The van der Waals surface area contributed by atoms with Crippen molar-refractivity contribution in [3.8, 4) is 0 Å². The number of aromatic carboxylic acids is 1. The van der Waals surface area contributed by atoms with Crippen molar-refractivity contribution in [2.45, 2.75) is 32.2 Å². The average molecular weight is 219 g/mol. The summed E-state index contributed by atoms with van der Waals surface area (Å²) in [5.74, 6) is -0.868. The van der Waals surface area contributed by atoms with E-state index in [0.29, 0.717) is 5.56 Å². The van der Waals surface area contributed by atoms with Gasteiger partial charge in [0.05, 0.1) is 5.56 Å². The van der Waals surface area contributed by atoms with Gasteiger partial charge in [-0.25, -0.2) is 4.79 Å². The van der Waals surface area contributed by atoms with Crippen LogP contribution in [0.15, 0.2) is 24.3 Å². The number of anilines is 1. The minimum Gasteiger partial charge on any atom is -0.478 e. The van der Waals surface area contributed by atoms with Gasteiger partial charge in [-0.2, -0.15) is 0 Å². The van der Waals surface area contributed by atoms with Gasteiger partial charge in [0, 0.05) is 17.8 Å². The van der Waals surface area contributed by atoms with Crippen LogP contribution in [0.1, 0.15) is 37.0 Å². The Labute approximate surface area is 95.7 Å². The lowest BCUT2D eigenvalue weighted by Crippen LogP contribution is -2.38. The van der Waals surface area contributed by atoms with E-state index in [1.165, 1.54) is 12.8 Å². The van der Waals surface area contributed by atoms with E-state index in [0.717, 1.165) is 12.2 Å². The van der Waals surface area contributed by atoms with Crippen LogP contribution in [0, 0.1) is 0 Å². The van der Waals surface area contributed by atoms with Crippen molar-refractivity contribution < 1.29 is 9.90 Å². The maximum absolute atomic E-state index is 10.7. The van der Waals surface area contributed by atoms with Crippen LogP contribution in [0.2, 0.25) is 0 Å². The van der Waals surface area contributed by atoms with Crippen LogP contribution >= 0.6 is 0 Å². The lowest BCUT2D eigenvalue weighted by Gasteiger charge is -2.33. The first-order valence-electron chi connectivity index (χ1n) is 5.62. The zero-order valence-corrected chi connectivity index (χ0v) is 9.73. The Hall–Kier alpha value is -1.51. The summed E-state index contributed by atoms with van der Waals surface area (Å²) >= 11 is 0. The van der Waals surface area contributed by atoms with E-state index >= 15 is 0 Å². The highest BCUT2D eigenvalue weighted by Crippen LogP contribution is 2.33. The summed E-state index contributed by atoms with van der Waals surface area (Å²) < 4.78 is 0. The van der Waals surface area contributed by atoms with Gasteiger partial charge >= 0.3 is 5.97 Å². The molecule has 2 rings (SSSR count). The fraction of sp³-hybridized carbons (Fsp3) is 0.462. The van der Waals surface area contributed by atoms with Crippen molar-refractivity contribution in [2.24, 2.45) is 0 Å². The van der Waals surface area contributed by atoms with Crippen LogP contribution in [0.5, 0.6) is 0 Å². The van der Waals surface area contributed by atoms with Gasteiger partial charge in [0.1, 0.15) is 0 Å². The molecule has 1 aromatic rings. The first-order valence-corrected chi connectivity index (χ1v) is 5.62. The predicted octanol–water partition coefficient (Wildman–Crippen LogP) is 2.76. The molecule has 16 heavy (non-hydrogen) atoms. The molecule has 0 aromatic heterocycles.